The molecule has 0 aliphatic carbocycles. The second-order valence-electron chi connectivity index (χ2n) is 6.30. The van der Waals surface area contributed by atoms with Crippen LogP contribution in [0.5, 0.6) is 0 Å². The summed E-state index contributed by atoms with van der Waals surface area (Å²) in [6.45, 7) is 0. The fourth-order valence-electron chi connectivity index (χ4n) is 2.69. The lowest BCUT2D eigenvalue weighted by molar-refractivity contribution is -0.136. The average Bonchev–Trinajstić information content (AvgIpc) is 2.67. The summed E-state index contributed by atoms with van der Waals surface area (Å²) in [5.41, 5.74) is -2.64. The maximum absolute atomic E-state index is 13.7. The van der Waals surface area contributed by atoms with Gasteiger partial charge >= 0.3 is 6.18 Å². The first-order valence-electron chi connectivity index (χ1n) is 8.59. The Hall–Kier alpha value is -3.27. The molecule has 160 valence electrons. The predicted octanol–water partition coefficient (Wildman–Crippen LogP) is 6.25. The third-order valence-corrected chi connectivity index (χ3v) is 4.53. The molecular weight excluding hydrogens is 487 g/mol. The van der Waals surface area contributed by atoms with Gasteiger partial charge in [0, 0.05) is 15.7 Å². The van der Waals surface area contributed by atoms with Crippen LogP contribution in [0.3, 0.4) is 0 Å². The normalized spacial score (nSPS) is 11.2. The Morgan fingerprint density at radius 3 is 2.19 bits per heavy atom. The van der Waals surface area contributed by atoms with Crippen molar-refractivity contribution < 1.29 is 31.5 Å². The number of alkyl halides is 3. The van der Waals surface area contributed by atoms with Crippen LogP contribution in [0.25, 0.3) is 0 Å². The van der Waals surface area contributed by atoms with Crippen LogP contribution in [0, 0.1) is 11.6 Å². The molecule has 0 radical (unpaired) electrons. The van der Waals surface area contributed by atoms with Gasteiger partial charge in [-0.25, -0.2) is 8.78 Å². The highest BCUT2D eigenvalue weighted by molar-refractivity contribution is 9.10. The Bertz CT molecular complexity index is 1140. The van der Waals surface area contributed by atoms with Crippen molar-refractivity contribution in [1.82, 2.24) is 0 Å². The summed E-state index contributed by atoms with van der Waals surface area (Å²) in [6.07, 6.45) is -4.89. The summed E-state index contributed by atoms with van der Waals surface area (Å²) in [5.74, 6) is -3.48. The highest BCUT2D eigenvalue weighted by Gasteiger charge is 2.34. The van der Waals surface area contributed by atoms with Gasteiger partial charge in [-0.15, -0.1) is 0 Å². The van der Waals surface area contributed by atoms with Crippen molar-refractivity contribution in [2.75, 3.05) is 10.6 Å². The summed E-state index contributed by atoms with van der Waals surface area (Å²) in [6, 6.07) is 10.9. The summed E-state index contributed by atoms with van der Waals surface area (Å²) in [4.78, 5) is 24.5. The molecule has 3 aromatic carbocycles. The van der Waals surface area contributed by atoms with Gasteiger partial charge in [-0.3, -0.25) is 9.59 Å². The third-order valence-electron chi connectivity index (χ3n) is 4.07. The smallest absolute Gasteiger partial charge is 0.322 e. The molecule has 0 aliphatic heterocycles. The van der Waals surface area contributed by atoms with E-state index in [1.807, 2.05) is 0 Å². The van der Waals surface area contributed by atoms with E-state index < -0.39 is 40.9 Å². The number of hydrogen-bond donors (Lipinski definition) is 2. The maximum atomic E-state index is 13.7. The van der Waals surface area contributed by atoms with E-state index in [0.29, 0.717) is 6.07 Å². The molecular formula is C21H12BrF5N2O2. The van der Waals surface area contributed by atoms with Gasteiger partial charge < -0.3 is 10.6 Å². The number of carbonyl (C=O) groups excluding carboxylic acids is 2. The monoisotopic (exact) mass is 498 g/mol. The minimum Gasteiger partial charge on any atom is -0.322 e. The van der Waals surface area contributed by atoms with Crippen molar-refractivity contribution in [3.8, 4) is 0 Å². The van der Waals surface area contributed by atoms with Crippen LogP contribution < -0.4 is 10.6 Å². The summed E-state index contributed by atoms with van der Waals surface area (Å²) >= 11 is 3.00. The average molecular weight is 499 g/mol. The molecule has 0 aromatic heterocycles. The van der Waals surface area contributed by atoms with E-state index in [2.05, 4.69) is 26.6 Å². The molecule has 0 fully saturated rings. The highest BCUT2D eigenvalue weighted by Crippen LogP contribution is 2.37. The van der Waals surface area contributed by atoms with Gasteiger partial charge in [0.2, 0.25) is 0 Å². The molecule has 0 saturated heterocycles. The van der Waals surface area contributed by atoms with Gasteiger partial charge in [0.25, 0.3) is 11.8 Å². The van der Waals surface area contributed by atoms with Gasteiger partial charge in [0.15, 0.2) is 0 Å². The second-order valence-corrected chi connectivity index (χ2v) is 7.22. The topological polar surface area (TPSA) is 58.2 Å². The zero-order valence-corrected chi connectivity index (χ0v) is 16.9. The number of hydrogen-bond acceptors (Lipinski definition) is 2. The first-order valence-corrected chi connectivity index (χ1v) is 9.38. The summed E-state index contributed by atoms with van der Waals surface area (Å²) in [5, 5.41) is 4.28. The van der Waals surface area contributed by atoms with E-state index in [-0.39, 0.29) is 21.3 Å². The summed E-state index contributed by atoms with van der Waals surface area (Å²) in [7, 11) is 0. The van der Waals surface area contributed by atoms with E-state index in [4.69, 9.17) is 0 Å². The van der Waals surface area contributed by atoms with Crippen LogP contribution in [0.1, 0.15) is 26.3 Å². The van der Waals surface area contributed by atoms with Crippen LogP contribution in [-0.2, 0) is 6.18 Å². The standard InChI is InChI=1S/C21H12BrF5N2O2/c22-12-7-11(8-13(23)9-12)19(30)29-18-6-5-14(10-16(18)21(25,26)27)28-20(31)15-3-1-2-4-17(15)24/h1-10H,(H,28,31)(H,29,30). The lowest BCUT2D eigenvalue weighted by atomic mass is 10.1. The molecule has 0 bridgehead atoms. The van der Waals surface area contributed by atoms with Crippen molar-refractivity contribution in [2.24, 2.45) is 0 Å². The molecule has 0 saturated carbocycles. The van der Waals surface area contributed by atoms with Gasteiger partial charge in [0.05, 0.1) is 16.8 Å². The Balaban J connectivity index is 1.89. The molecule has 4 nitrogen and oxygen atoms in total. The van der Waals surface area contributed by atoms with Crippen molar-refractivity contribution in [1.29, 1.82) is 0 Å². The number of nitrogens with one attached hydrogen (secondary N) is 2. The minimum absolute atomic E-state index is 0.197. The lowest BCUT2D eigenvalue weighted by Crippen LogP contribution is -2.18. The summed E-state index contributed by atoms with van der Waals surface area (Å²) < 4.78 is 68.1. The number of halogens is 6. The number of carbonyl (C=O) groups is 2. The molecule has 0 heterocycles. The fourth-order valence-corrected chi connectivity index (χ4v) is 3.15. The predicted molar refractivity (Wildman–Crippen MR) is 108 cm³/mol. The zero-order valence-electron chi connectivity index (χ0n) is 15.4. The number of anilines is 2. The van der Waals surface area contributed by atoms with E-state index >= 15 is 0 Å². The molecule has 0 unspecified atom stereocenters. The lowest BCUT2D eigenvalue weighted by Gasteiger charge is -2.16. The molecule has 2 N–H and O–H groups in total. The molecule has 0 aliphatic rings. The van der Waals surface area contributed by atoms with Crippen molar-refractivity contribution in [3.05, 3.63) is 93.5 Å². The van der Waals surface area contributed by atoms with Crippen molar-refractivity contribution in [3.63, 3.8) is 0 Å². The first kappa shape index (κ1) is 22.4. The molecule has 2 amide bonds. The SMILES string of the molecule is O=C(Nc1ccc(NC(=O)c2ccccc2F)cc1C(F)(F)F)c1cc(F)cc(Br)c1. The van der Waals surface area contributed by atoms with Crippen LogP contribution >= 0.6 is 15.9 Å². The van der Waals surface area contributed by atoms with Gasteiger partial charge in [-0.1, -0.05) is 28.1 Å². The molecule has 31 heavy (non-hydrogen) atoms. The van der Waals surface area contributed by atoms with E-state index in [0.717, 1.165) is 30.3 Å². The molecule has 0 atom stereocenters. The van der Waals surface area contributed by atoms with Crippen molar-refractivity contribution in [2.45, 2.75) is 6.18 Å². The fraction of sp³-hybridized carbons (Fsp3) is 0.0476. The van der Waals surface area contributed by atoms with E-state index in [9.17, 15) is 31.5 Å². The Morgan fingerprint density at radius 2 is 1.55 bits per heavy atom. The number of amides is 2. The third kappa shape index (κ3) is 5.46. The highest BCUT2D eigenvalue weighted by atomic mass is 79.9. The number of rotatable bonds is 4. The Labute approximate surface area is 181 Å². The quantitative estimate of drug-likeness (QED) is 0.417. The van der Waals surface area contributed by atoms with Crippen LogP contribution in [0.15, 0.2) is 65.1 Å². The maximum Gasteiger partial charge on any atom is 0.418 e. The zero-order chi connectivity index (χ0) is 22.8. The van der Waals surface area contributed by atoms with E-state index in [1.54, 1.807) is 0 Å². The van der Waals surface area contributed by atoms with Crippen LogP contribution in [0.4, 0.5) is 33.3 Å². The van der Waals surface area contributed by atoms with Crippen molar-refractivity contribution >= 4 is 39.1 Å². The van der Waals surface area contributed by atoms with Crippen LogP contribution in [0.2, 0.25) is 0 Å². The van der Waals surface area contributed by atoms with Gasteiger partial charge in [0.1, 0.15) is 11.6 Å². The molecule has 0 spiro atoms. The molecule has 3 rings (SSSR count). The van der Waals surface area contributed by atoms with Crippen LogP contribution in [-0.4, -0.2) is 11.8 Å². The molecule has 3 aromatic rings. The van der Waals surface area contributed by atoms with Gasteiger partial charge in [-0.2, -0.15) is 13.2 Å². The molecule has 10 heteroatoms. The van der Waals surface area contributed by atoms with Gasteiger partial charge in [-0.05, 0) is 48.5 Å². The minimum atomic E-state index is -4.89. The second kappa shape index (κ2) is 8.84. The first-order chi connectivity index (χ1) is 14.5. The number of benzene rings is 3. The largest absolute Gasteiger partial charge is 0.418 e. The Morgan fingerprint density at radius 1 is 0.839 bits per heavy atom. The Kier molecular flexibility index (Phi) is 6.40. The van der Waals surface area contributed by atoms with E-state index in [1.165, 1.54) is 24.3 Å².